The molecule has 0 spiro atoms. The second-order valence-corrected chi connectivity index (χ2v) is 8.06. The molecule has 1 heterocycles. The fourth-order valence-corrected chi connectivity index (χ4v) is 4.25. The van der Waals surface area contributed by atoms with Crippen LogP contribution in [0.15, 0.2) is 36.5 Å². The number of carbonyl (C=O) groups excluding carboxylic acids is 1. The number of carbonyl (C=O) groups is 1. The van der Waals surface area contributed by atoms with E-state index in [0.717, 1.165) is 4.35 Å². The fraction of sp³-hybridized carbons (Fsp3) is 0.263. The van der Waals surface area contributed by atoms with Gasteiger partial charge in [-0.2, -0.15) is 0 Å². The predicted octanol–water partition coefficient (Wildman–Crippen LogP) is 1.42. The fourth-order valence-electron chi connectivity index (χ4n) is 2.06. The first-order valence-corrected chi connectivity index (χ1v) is 9.60. The van der Waals surface area contributed by atoms with Crippen LogP contribution in [0, 0.1) is 18.2 Å². The summed E-state index contributed by atoms with van der Waals surface area (Å²) >= 11 is -0.690. The summed E-state index contributed by atoms with van der Waals surface area (Å²) in [4.78, 5) is 17.0. The Balaban J connectivity index is 2.31. The van der Waals surface area contributed by atoms with Crippen molar-refractivity contribution < 1.29 is 13.9 Å². The predicted molar refractivity (Wildman–Crippen MR) is 97.2 cm³/mol. The van der Waals surface area contributed by atoms with Gasteiger partial charge in [-0.05, 0) is 0 Å². The van der Waals surface area contributed by atoms with Crippen molar-refractivity contribution in [3.8, 4) is 18.1 Å². The van der Waals surface area contributed by atoms with Crippen molar-refractivity contribution in [2.24, 2.45) is 0 Å². The molecule has 0 aliphatic heterocycles. The van der Waals surface area contributed by atoms with Crippen molar-refractivity contribution in [1.29, 1.82) is 0 Å². The van der Waals surface area contributed by atoms with Gasteiger partial charge in [0, 0.05) is 0 Å². The Morgan fingerprint density at radius 3 is 2.88 bits per heavy atom. The first-order valence-electron chi connectivity index (χ1n) is 7.72. The van der Waals surface area contributed by atoms with E-state index in [2.05, 4.69) is 16.2 Å². The molecule has 1 radical (unpaired) electrons. The summed E-state index contributed by atoms with van der Waals surface area (Å²) in [6.07, 6.45) is 7.76. The van der Waals surface area contributed by atoms with E-state index >= 15 is 0 Å². The van der Waals surface area contributed by atoms with Crippen LogP contribution in [0.1, 0.15) is 30.6 Å². The minimum atomic E-state index is -0.719. The number of aromatic nitrogens is 1. The Kier molecular flexibility index (Phi) is 6.22. The molecule has 25 heavy (non-hydrogen) atoms. The third-order valence-corrected chi connectivity index (χ3v) is 6.05. The molecule has 0 saturated heterocycles. The van der Waals surface area contributed by atoms with Crippen LogP contribution < -0.4 is 18.9 Å². The number of nitrogens with one attached hydrogen (secondary N) is 1. The van der Waals surface area contributed by atoms with Gasteiger partial charge in [0.2, 0.25) is 0 Å². The Bertz CT molecular complexity index is 819. The average Bonchev–Trinajstić information content (AvgIpc) is 2.61. The molecule has 129 valence electrons. The molecule has 2 rings (SSSR count). The summed E-state index contributed by atoms with van der Waals surface area (Å²) in [6, 6.07) is 7.92. The molecule has 0 bridgehead atoms. The van der Waals surface area contributed by atoms with E-state index in [-0.39, 0.29) is 11.7 Å². The standard InChI is InChI=1S/C19H19AsFN2O2/c1-5-19(3,6-2)23-18(24)16-8-7-9-22-17(16)20-13-10-14(21)12-15(11-13)25-4/h1,7-12H,6H2,2-4H3,(H,23,24). The van der Waals surface area contributed by atoms with Crippen molar-refractivity contribution >= 4 is 30.5 Å². The van der Waals surface area contributed by atoms with E-state index in [1.165, 1.54) is 19.2 Å². The third-order valence-electron chi connectivity index (χ3n) is 3.77. The zero-order valence-electron chi connectivity index (χ0n) is 14.3. The molecule has 0 fully saturated rings. The van der Waals surface area contributed by atoms with E-state index in [9.17, 15) is 9.18 Å². The second-order valence-electron chi connectivity index (χ2n) is 5.62. The van der Waals surface area contributed by atoms with Gasteiger partial charge in [0.1, 0.15) is 0 Å². The van der Waals surface area contributed by atoms with Gasteiger partial charge in [-0.15, -0.1) is 0 Å². The third kappa shape index (κ3) is 4.84. The number of hydrogen-bond acceptors (Lipinski definition) is 3. The quantitative estimate of drug-likeness (QED) is 0.589. The van der Waals surface area contributed by atoms with Crippen molar-refractivity contribution in [2.75, 3.05) is 7.11 Å². The van der Waals surface area contributed by atoms with Crippen LogP contribution in [-0.2, 0) is 0 Å². The molecule has 1 amide bonds. The number of pyridine rings is 1. The van der Waals surface area contributed by atoms with Crippen molar-refractivity contribution in [3.05, 3.63) is 47.9 Å². The molecule has 6 heteroatoms. The van der Waals surface area contributed by atoms with Gasteiger partial charge in [-0.1, -0.05) is 0 Å². The molecule has 1 atom stereocenters. The van der Waals surface area contributed by atoms with E-state index in [0.29, 0.717) is 22.2 Å². The van der Waals surface area contributed by atoms with Crippen molar-refractivity contribution in [2.45, 2.75) is 25.8 Å². The second kappa shape index (κ2) is 8.18. The number of halogens is 1. The summed E-state index contributed by atoms with van der Waals surface area (Å²) in [5, 5.41) is 2.87. The number of methoxy groups -OCH3 is 1. The summed E-state index contributed by atoms with van der Waals surface area (Å²) < 4.78 is 20.2. The van der Waals surface area contributed by atoms with Crippen LogP contribution >= 0.6 is 0 Å². The summed E-state index contributed by atoms with van der Waals surface area (Å²) in [5.74, 6) is 2.40. The van der Waals surface area contributed by atoms with Crippen LogP contribution in [0.3, 0.4) is 0 Å². The van der Waals surface area contributed by atoms with Gasteiger partial charge in [-0.25, -0.2) is 0 Å². The SMILES string of the molecule is C#CC(C)(CC)NC(=O)c1cccnc1[As]c1cc(F)cc(OC)c1. The van der Waals surface area contributed by atoms with Crippen LogP contribution in [0.4, 0.5) is 4.39 Å². The van der Waals surface area contributed by atoms with E-state index in [1.54, 1.807) is 31.3 Å². The normalized spacial score (nSPS) is 13.2. The Hall–Kier alpha value is -2.31. The summed E-state index contributed by atoms with van der Waals surface area (Å²) in [7, 11) is 1.49. The number of nitrogens with zero attached hydrogens (tertiary/aromatic N) is 1. The van der Waals surface area contributed by atoms with Gasteiger partial charge >= 0.3 is 154 Å². The molecule has 2 aromatic rings. The zero-order valence-corrected chi connectivity index (χ0v) is 16.2. The molecular formula is C19H19AsFN2O2. The number of ether oxygens (including phenoxy) is 1. The van der Waals surface area contributed by atoms with E-state index < -0.39 is 21.3 Å². The molecule has 1 aromatic carbocycles. The zero-order chi connectivity index (χ0) is 18.4. The summed E-state index contributed by atoms with van der Waals surface area (Å²) in [6.45, 7) is 3.71. The Morgan fingerprint density at radius 1 is 1.48 bits per heavy atom. The summed E-state index contributed by atoms with van der Waals surface area (Å²) in [5.41, 5.74) is -0.261. The van der Waals surface area contributed by atoms with Gasteiger partial charge in [0.05, 0.1) is 0 Å². The molecule has 1 aromatic heterocycles. The number of benzene rings is 1. The molecule has 1 unspecified atom stereocenters. The van der Waals surface area contributed by atoms with Gasteiger partial charge in [-0.3, -0.25) is 0 Å². The maximum absolute atomic E-state index is 13.7. The van der Waals surface area contributed by atoms with E-state index in [1.807, 2.05) is 6.92 Å². The number of amides is 1. The molecular weight excluding hydrogens is 382 g/mol. The van der Waals surface area contributed by atoms with Crippen LogP contribution in [0.2, 0.25) is 0 Å². The minimum absolute atomic E-state index is 0.274. The molecule has 0 aliphatic rings. The number of rotatable bonds is 6. The van der Waals surface area contributed by atoms with Gasteiger partial charge < -0.3 is 0 Å². The van der Waals surface area contributed by atoms with Crippen molar-refractivity contribution in [1.82, 2.24) is 10.3 Å². The molecule has 0 saturated carbocycles. The van der Waals surface area contributed by atoms with Crippen molar-refractivity contribution in [3.63, 3.8) is 0 Å². The Labute approximate surface area is 153 Å². The average molecular weight is 401 g/mol. The number of hydrogen-bond donors (Lipinski definition) is 1. The van der Waals surface area contributed by atoms with Crippen LogP contribution in [-0.4, -0.2) is 39.3 Å². The topological polar surface area (TPSA) is 51.2 Å². The Morgan fingerprint density at radius 2 is 2.24 bits per heavy atom. The molecule has 0 aliphatic carbocycles. The molecule has 4 nitrogen and oxygen atoms in total. The monoisotopic (exact) mass is 401 g/mol. The first-order chi connectivity index (χ1) is 11.9. The van der Waals surface area contributed by atoms with Crippen LogP contribution in [0.5, 0.6) is 5.75 Å². The maximum atomic E-state index is 13.7. The first kappa shape index (κ1) is 19.0. The van der Waals surface area contributed by atoms with Gasteiger partial charge in [0.15, 0.2) is 0 Å². The number of terminal acetylenes is 1. The van der Waals surface area contributed by atoms with Gasteiger partial charge in [0.25, 0.3) is 0 Å². The van der Waals surface area contributed by atoms with Crippen LogP contribution in [0.25, 0.3) is 0 Å². The molecule has 1 N–H and O–H groups in total. The van der Waals surface area contributed by atoms with E-state index in [4.69, 9.17) is 11.2 Å².